The van der Waals surface area contributed by atoms with Crippen molar-refractivity contribution in [2.45, 2.75) is 152 Å². The number of thioether (sulfide) groups is 1. The van der Waals surface area contributed by atoms with E-state index in [0.29, 0.717) is 66.7 Å². The average molecular weight is 1170 g/mol. The third-order valence-corrected chi connectivity index (χ3v) is 17.1. The third-order valence-electron chi connectivity index (χ3n) is 16.3. The number of fused-ring (bicyclic) bond motifs is 1. The number of hydrogen-bond acceptors (Lipinski definition) is 15. The fraction of sp³-hybridized carbons (Fsp3) is 0.500. The summed E-state index contributed by atoms with van der Waals surface area (Å²) in [7, 11) is 1.94. The molecule has 0 radical (unpaired) electrons. The molecule has 0 unspecified atom stereocenters. The first-order valence-electron chi connectivity index (χ1n) is 28.7. The number of nitrogens with one attached hydrogen (secondary N) is 5. The predicted octanol–water partition coefficient (Wildman–Crippen LogP) is 6.71. The predicted molar refractivity (Wildman–Crippen MR) is 315 cm³/mol. The van der Waals surface area contributed by atoms with Crippen molar-refractivity contribution < 1.29 is 43.1 Å². The Hall–Kier alpha value is -8.33. The van der Waals surface area contributed by atoms with Crippen LogP contribution >= 0.6 is 11.8 Å². The fourth-order valence-electron chi connectivity index (χ4n) is 11.5. The van der Waals surface area contributed by atoms with Gasteiger partial charge in [0.2, 0.25) is 17.7 Å². The molecule has 84 heavy (non-hydrogen) atoms. The van der Waals surface area contributed by atoms with Gasteiger partial charge < -0.3 is 41.6 Å². The van der Waals surface area contributed by atoms with Gasteiger partial charge in [-0.3, -0.25) is 43.5 Å². The van der Waals surface area contributed by atoms with Crippen LogP contribution in [0.1, 0.15) is 143 Å². The average Bonchev–Trinajstić information content (AvgIpc) is 1.52. The lowest BCUT2D eigenvalue weighted by molar-refractivity contribution is -0.137. The van der Waals surface area contributed by atoms with Gasteiger partial charge in [0.25, 0.3) is 17.7 Å². The van der Waals surface area contributed by atoms with E-state index in [4.69, 9.17) is 15.5 Å². The maximum Gasteiger partial charge on any atom is 0.410 e. The van der Waals surface area contributed by atoms with Gasteiger partial charge in [-0.1, -0.05) is 39.3 Å². The van der Waals surface area contributed by atoms with Crippen LogP contribution in [-0.2, 0) is 60.9 Å². The van der Waals surface area contributed by atoms with Crippen LogP contribution in [-0.4, -0.2) is 121 Å². The minimum atomic E-state index is -1.07. The zero-order valence-electron chi connectivity index (χ0n) is 48.6. The molecular weight excluding hydrogens is 1090 g/mol. The number of pyridine rings is 1. The van der Waals surface area contributed by atoms with Crippen LogP contribution in [0.15, 0.2) is 71.9 Å². The highest BCUT2D eigenvalue weighted by molar-refractivity contribution is 7.98. The van der Waals surface area contributed by atoms with Crippen molar-refractivity contribution in [3.05, 3.63) is 101 Å². The Balaban J connectivity index is 0.901. The number of aromatic nitrogens is 4. The molecule has 24 heteroatoms. The largest absolute Gasteiger partial charge is 0.445 e. The van der Waals surface area contributed by atoms with Gasteiger partial charge in [-0.25, -0.2) is 14.6 Å². The second kappa shape index (κ2) is 27.4. The van der Waals surface area contributed by atoms with Crippen LogP contribution in [0.5, 0.6) is 0 Å². The van der Waals surface area contributed by atoms with Crippen molar-refractivity contribution in [3.8, 4) is 6.07 Å². The van der Waals surface area contributed by atoms with Gasteiger partial charge in [0.15, 0.2) is 0 Å². The van der Waals surface area contributed by atoms with Crippen LogP contribution in [0, 0.1) is 23.2 Å². The second-order valence-electron chi connectivity index (χ2n) is 22.9. The quantitative estimate of drug-likeness (QED) is 0.0196. The van der Waals surface area contributed by atoms with E-state index in [1.807, 2.05) is 49.1 Å². The Morgan fingerprint density at radius 1 is 0.940 bits per heavy atom. The first-order chi connectivity index (χ1) is 40.2. The lowest BCUT2D eigenvalue weighted by Gasteiger charge is -2.47. The number of benzene rings is 2. The molecule has 4 aliphatic rings. The summed E-state index contributed by atoms with van der Waals surface area (Å²) < 4.78 is 7.95. The van der Waals surface area contributed by atoms with Crippen molar-refractivity contribution in [1.29, 1.82) is 5.26 Å². The van der Waals surface area contributed by atoms with E-state index >= 15 is 0 Å². The van der Waals surface area contributed by atoms with Gasteiger partial charge in [-0.2, -0.15) is 5.26 Å². The molecule has 7 N–H and O–H groups in total. The summed E-state index contributed by atoms with van der Waals surface area (Å²) >= 11 is 1.53. The maximum absolute atomic E-state index is 14.7. The highest BCUT2D eigenvalue weighted by atomic mass is 32.2. The highest BCUT2D eigenvalue weighted by Crippen LogP contribution is 2.52. The summed E-state index contributed by atoms with van der Waals surface area (Å²) in [6, 6.07) is 14.1. The number of unbranched alkanes of at least 4 members (excludes halogenated alkanes) is 2. The number of imide groups is 1. The lowest BCUT2D eigenvalue weighted by atomic mass is 9.58. The Bertz CT molecular complexity index is 3180. The van der Waals surface area contributed by atoms with E-state index in [9.17, 15) is 43.6 Å². The Kier molecular flexibility index (Phi) is 20.1. The first-order valence-corrected chi connectivity index (χ1v) is 29.9. The molecule has 2 saturated carbocycles. The Labute approximate surface area is 493 Å². The number of rotatable bonds is 28. The fourth-order valence-corrected chi connectivity index (χ4v) is 12.2. The molecule has 9 amide bonds. The number of aryl methyl sites for hydroxylation is 1. The molecule has 2 aromatic heterocycles. The normalized spacial score (nSPS) is 18.3. The maximum atomic E-state index is 14.7. The van der Waals surface area contributed by atoms with E-state index in [1.165, 1.54) is 23.9 Å². The molecule has 2 atom stereocenters. The number of primary amides is 1. The SMILES string of the molecule is CSc1cc(CN(C(=O)OCc2ccc(NC(=O)[C@H](CCCNC(N)=O)NC(=O)[C@@H](NC(=O)CCCCCN3C(=O)C=CC3=O)C(C)C)cc2)C2(C)CCC2)cc2c1CN(c1cc([C@]3(c4nncn4C)C[C@@H](C)C3)cc(NCCC#N)n1)C2=O. The van der Waals surface area contributed by atoms with Gasteiger partial charge in [-0.05, 0) is 141 Å². The minimum absolute atomic E-state index is 0.0736. The van der Waals surface area contributed by atoms with E-state index in [2.05, 4.69) is 49.8 Å². The number of amides is 9. The van der Waals surface area contributed by atoms with E-state index in [1.54, 1.807) is 54.2 Å². The molecule has 2 fully saturated rings. The smallest absolute Gasteiger partial charge is 0.410 e. The molecule has 4 heterocycles. The molecular formula is C60H76N14O9S. The molecule has 8 rings (SSSR count). The monoisotopic (exact) mass is 1170 g/mol. The number of urea groups is 1. The van der Waals surface area contributed by atoms with Crippen molar-refractivity contribution in [3.63, 3.8) is 0 Å². The lowest BCUT2D eigenvalue weighted by Crippen LogP contribution is -2.54. The number of nitriles is 1. The van der Waals surface area contributed by atoms with Crippen LogP contribution in [0.25, 0.3) is 0 Å². The van der Waals surface area contributed by atoms with E-state index in [-0.39, 0.29) is 81.5 Å². The van der Waals surface area contributed by atoms with Crippen molar-refractivity contribution >= 4 is 76.7 Å². The van der Waals surface area contributed by atoms with Gasteiger partial charge in [0, 0.05) is 73.5 Å². The number of anilines is 3. The summed E-state index contributed by atoms with van der Waals surface area (Å²) in [6.07, 6.45) is 12.2. The van der Waals surface area contributed by atoms with Crippen molar-refractivity contribution in [2.24, 2.45) is 24.6 Å². The topological polar surface area (TPSA) is 309 Å². The number of nitrogens with zero attached hydrogens (tertiary/aromatic N) is 8. The summed E-state index contributed by atoms with van der Waals surface area (Å²) in [5, 5.41) is 32.3. The highest BCUT2D eigenvalue weighted by Gasteiger charge is 2.49. The third kappa shape index (κ3) is 14.5. The molecule has 4 aromatic rings. The number of hydrogen-bond donors (Lipinski definition) is 6. The number of carbonyl (C=O) groups excluding carboxylic acids is 8. The van der Waals surface area contributed by atoms with Gasteiger partial charge in [0.1, 0.15) is 42.5 Å². The van der Waals surface area contributed by atoms with Gasteiger partial charge in [0.05, 0.1) is 24.4 Å². The summed E-state index contributed by atoms with van der Waals surface area (Å²) in [4.78, 5) is 115. The van der Waals surface area contributed by atoms with Gasteiger partial charge >= 0.3 is 12.1 Å². The van der Waals surface area contributed by atoms with Gasteiger partial charge in [-0.15, -0.1) is 22.0 Å². The standard InChI is InChI=1S/C60H76N14O9S/c1-37(2)52(69-49(75)14-8-7-9-26-72-50(76)19-20-51(72)77)54(79)67-45(13-10-24-64-57(62)81)53(78)66-42-17-15-39(16-18-42)35-83-58(82)74(59(4)21-11-22-59)33-40-27-43-44(46(28-40)84-6)34-73(55(43)80)48-30-41(29-47(68-48)63-25-12-23-61)60(31-38(3)32-60)56-70-65-36-71(56)5/h15-20,27-30,36-38,45,52H,7-14,21-22,24-26,31-35H2,1-6H3,(H,63,68)(H,66,78)(H,67,79)(H,69,75)(H3,62,64,81)/t38-,45-,52-,60+/m0/s1. The Morgan fingerprint density at radius 3 is 2.31 bits per heavy atom. The van der Waals surface area contributed by atoms with Crippen molar-refractivity contribution in [2.75, 3.05) is 41.4 Å². The van der Waals surface area contributed by atoms with Crippen LogP contribution in [0.4, 0.5) is 26.9 Å². The van der Waals surface area contributed by atoms with Crippen LogP contribution < -0.4 is 37.2 Å². The van der Waals surface area contributed by atoms with E-state index < -0.39 is 47.0 Å². The molecule has 2 aliphatic carbocycles. The molecule has 446 valence electrons. The molecule has 2 aliphatic heterocycles. The Morgan fingerprint density at radius 2 is 1.68 bits per heavy atom. The molecule has 0 saturated heterocycles. The number of carbonyl (C=O) groups is 8. The van der Waals surface area contributed by atoms with Crippen LogP contribution in [0.2, 0.25) is 0 Å². The summed E-state index contributed by atoms with van der Waals surface area (Å²) in [6.45, 7) is 9.00. The van der Waals surface area contributed by atoms with Crippen LogP contribution in [0.3, 0.4) is 0 Å². The second-order valence-corrected chi connectivity index (χ2v) is 23.8. The van der Waals surface area contributed by atoms with E-state index in [0.717, 1.165) is 64.4 Å². The van der Waals surface area contributed by atoms with Crippen molar-refractivity contribution in [1.82, 2.24) is 45.5 Å². The molecule has 23 nitrogen and oxygen atoms in total. The number of nitrogens with two attached hydrogens (primary N) is 1. The summed E-state index contributed by atoms with van der Waals surface area (Å²) in [5.41, 5.74) is 8.54. The minimum Gasteiger partial charge on any atom is -0.445 e. The zero-order chi connectivity index (χ0) is 60.3. The first kappa shape index (κ1) is 61.7. The number of ether oxygens (including phenoxy) is 1. The zero-order valence-corrected chi connectivity index (χ0v) is 49.4. The summed E-state index contributed by atoms with van der Waals surface area (Å²) in [5.74, 6) is -0.412. The molecule has 0 bridgehead atoms. The molecule has 0 spiro atoms. The molecule has 2 aromatic carbocycles.